The fraction of sp³-hybridized carbons (Fsp3) is 0.500. The minimum atomic E-state index is -0.752. The molecule has 3 nitrogen and oxygen atoms in total. The molecule has 1 saturated carbocycles. The topological polar surface area (TPSA) is 49.3 Å². The molecule has 3 heteroatoms. The fourth-order valence-corrected chi connectivity index (χ4v) is 3.16. The number of likely N-dealkylation sites (N-methyl/N-ethyl adjacent to an activating group) is 1. The molecule has 0 aliphatic heterocycles. The number of hydrogen-bond donors (Lipinski definition) is 2. The molecule has 1 aromatic carbocycles. The van der Waals surface area contributed by atoms with Crippen LogP contribution in [-0.2, 0) is 10.2 Å². The second-order valence-electron chi connectivity index (χ2n) is 4.79. The molecule has 1 unspecified atom stereocenters. The van der Waals surface area contributed by atoms with Gasteiger partial charge in [0.25, 0.3) is 0 Å². The van der Waals surface area contributed by atoms with E-state index in [0.29, 0.717) is 0 Å². The molecule has 17 heavy (non-hydrogen) atoms. The van der Waals surface area contributed by atoms with Gasteiger partial charge in [-0.05, 0) is 25.5 Å². The van der Waals surface area contributed by atoms with Crippen molar-refractivity contribution in [1.82, 2.24) is 5.32 Å². The van der Waals surface area contributed by atoms with Gasteiger partial charge >= 0.3 is 5.97 Å². The van der Waals surface area contributed by atoms with Crippen LogP contribution in [0.1, 0.15) is 31.2 Å². The highest BCUT2D eigenvalue weighted by Crippen LogP contribution is 2.43. The van der Waals surface area contributed by atoms with Crippen LogP contribution in [0.3, 0.4) is 0 Å². The molecule has 0 aromatic heterocycles. The lowest BCUT2D eigenvalue weighted by Crippen LogP contribution is -2.50. The number of carboxylic acids is 1. The molecule has 2 N–H and O–H groups in total. The Morgan fingerprint density at radius 3 is 2.35 bits per heavy atom. The van der Waals surface area contributed by atoms with E-state index in [9.17, 15) is 9.90 Å². The summed E-state index contributed by atoms with van der Waals surface area (Å²) in [4.78, 5) is 11.4. The SMILES string of the molecule is CNC(C(=O)O)C1(c2ccccc2)CCCC1. The van der Waals surface area contributed by atoms with Gasteiger partial charge in [-0.1, -0.05) is 43.2 Å². The third kappa shape index (κ3) is 2.07. The van der Waals surface area contributed by atoms with E-state index in [0.717, 1.165) is 31.2 Å². The third-order valence-electron chi connectivity index (χ3n) is 3.93. The molecular weight excluding hydrogens is 214 g/mol. The highest BCUT2D eigenvalue weighted by atomic mass is 16.4. The average Bonchev–Trinajstić information content (AvgIpc) is 2.81. The summed E-state index contributed by atoms with van der Waals surface area (Å²) in [6.07, 6.45) is 4.13. The molecule has 1 atom stereocenters. The molecule has 1 fully saturated rings. The molecule has 0 amide bonds. The lowest BCUT2D eigenvalue weighted by Gasteiger charge is -2.35. The first kappa shape index (κ1) is 12.1. The molecule has 0 heterocycles. The van der Waals surface area contributed by atoms with Crippen LogP contribution in [0.2, 0.25) is 0 Å². The zero-order valence-electron chi connectivity index (χ0n) is 10.1. The summed E-state index contributed by atoms with van der Waals surface area (Å²) in [6, 6.07) is 9.57. The molecule has 0 radical (unpaired) electrons. The summed E-state index contributed by atoms with van der Waals surface area (Å²) >= 11 is 0. The fourth-order valence-electron chi connectivity index (χ4n) is 3.16. The zero-order valence-corrected chi connectivity index (χ0v) is 10.1. The highest BCUT2D eigenvalue weighted by Gasteiger charge is 2.45. The highest BCUT2D eigenvalue weighted by molar-refractivity contribution is 5.76. The van der Waals surface area contributed by atoms with Gasteiger partial charge < -0.3 is 10.4 Å². The molecule has 1 aromatic rings. The summed E-state index contributed by atoms with van der Waals surface area (Å²) < 4.78 is 0. The predicted molar refractivity (Wildman–Crippen MR) is 67.1 cm³/mol. The number of rotatable bonds is 4. The maximum atomic E-state index is 11.4. The van der Waals surface area contributed by atoms with Crippen molar-refractivity contribution in [1.29, 1.82) is 0 Å². The van der Waals surface area contributed by atoms with Gasteiger partial charge in [-0.25, -0.2) is 0 Å². The first-order chi connectivity index (χ1) is 8.20. The number of aliphatic carboxylic acids is 1. The summed E-state index contributed by atoms with van der Waals surface area (Å²) in [5.41, 5.74) is 0.918. The number of carboxylic acid groups (broad SMARTS) is 1. The van der Waals surface area contributed by atoms with Gasteiger partial charge in [-0.15, -0.1) is 0 Å². The minimum absolute atomic E-state index is 0.234. The first-order valence-corrected chi connectivity index (χ1v) is 6.16. The Morgan fingerprint density at radius 2 is 1.88 bits per heavy atom. The molecule has 1 aliphatic carbocycles. The Morgan fingerprint density at radius 1 is 1.29 bits per heavy atom. The van der Waals surface area contributed by atoms with Crippen molar-refractivity contribution in [2.24, 2.45) is 0 Å². The van der Waals surface area contributed by atoms with E-state index in [2.05, 4.69) is 17.4 Å². The van der Waals surface area contributed by atoms with Crippen LogP contribution in [0, 0.1) is 0 Å². The lowest BCUT2D eigenvalue weighted by atomic mass is 9.72. The molecule has 0 bridgehead atoms. The minimum Gasteiger partial charge on any atom is -0.480 e. The van der Waals surface area contributed by atoms with E-state index in [1.54, 1.807) is 7.05 Å². The first-order valence-electron chi connectivity index (χ1n) is 6.16. The smallest absolute Gasteiger partial charge is 0.321 e. The van der Waals surface area contributed by atoms with Crippen LogP contribution in [0.25, 0.3) is 0 Å². The van der Waals surface area contributed by atoms with Gasteiger partial charge in [0.05, 0.1) is 0 Å². The molecular formula is C14H19NO2. The van der Waals surface area contributed by atoms with Gasteiger partial charge in [-0.3, -0.25) is 4.79 Å². The van der Waals surface area contributed by atoms with E-state index in [4.69, 9.17) is 0 Å². The van der Waals surface area contributed by atoms with Gasteiger partial charge in [0.2, 0.25) is 0 Å². The largest absolute Gasteiger partial charge is 0.480 e. The van der Waals surface area contributed by atoms with Gasteiger partial charge in [-0.2, -0.15) is 0 Å². The second kappa shape index (κ2) is 4.88. The summed E-state index contributed by atoms with van der Waals surface area (Å²) in [6.45, 7) is 0. The summed E-state index contributed by atoms with van der Waals surface area (Å²) in [7, 11) is 1.74. The van der Waals surface area contributed by atoms with Crippen molar-refractivity contribution >= 4 is 5.97 Å². The quantitative estimate of drug-likeness (QED) is 0.838. The Kier molecular flexibility index (Phi) is 3.48. The summed E-state index contributed by atoms with van der Waals surface area (Å²) in [5.74, 6) is -0.752. The zero-order chi connectivity index (χ0) is 12.3. The molecule has 2 rings (SSSR count). The van der Waals surface area contributed by atoms with Crippen molar-refractivity contribution in [3.8, 4) is 0 Å². The van der Waals surface area contributed by atoms with Crippen molar-refractivity contribution in [3.63, 3.8) is 0 Å². The Bertz CT molecular complexity index is 382. The van der Waals surface area contributed by atoms with Crippen LogP contribution < -0.4 is 5.32 Å². The van der Waals surface area contributed by atoms with E-state index in [1.165, 1.54) is 0 Å². The molecule has 0 saturated heterocycles. The number of hydrogen-bond acceptors (Lipinski definition) is 2. The number of benzene rings is 1. The third-order valence-corrected chi connectivity index (χ3v) is 3.93. The monoisotopic (exact) mass is 233 g/mol. The lowest BCUT2D eigenvalue weighted by molar-refractivity contribution is -0.141. The standard InChI is InChI=1S/C14H19NO2/c1-15-12(13(16)17)14(9-5-6-10-14)11-7-3-2-4-8-11/h2-4,7-8,12,15H,5-6,9-10H2,1H3,(H,16,17). The van der Waals surface area contributed by atoms with Crippen molar-refractivity contribution in [3.05, 3.63) is 35.9 Å². The van der Waals surface area contributed by atoms with Gasteiger partial charge in [0.15, 0.2) is 0 Å². The van der Waals surface area contributed by atoms with Crippen molar-refractivity contribution in [2.45, 2.75) is 37.1 Å². The van der Waals surface area contributed by atoms with E-state index >= 15 is 0 Å². The number of nitrogens with one attached hydrogen (secondary N) is 1. The van der Waals surface area contributed by atoms with Crippen LogP contribution in [0.15, 0.2) is 30.3 Å². The van der Waals surface area contributed by atoms with E-state index in [-0.39, 0.29) is 5.41 Å². The maximum absolute atomic E-state index is 11.4. The van der Waals surface area contributed by atoms with Crippen LogP contribution in [-0.4, -0.2) is 24.2 Å². The van der Waals surface area contributed by atoms with Crippen LogP contribution in [0.5, 0.6) is 0 Å². The molecule has 92 valence electrons. The van der Waals surface area contributed by atoms with Crippen molar-refractivity contribution < 1.29 is 9.90 Å². The van der Waals surface area contributed by atoms with E-state index < -0.39 is 12.0 Å². The predicted octanol–water partition coefficient (Wildman–Crippen LogP) is 2.17. The average molecular weight is 233 g/mol. The van der Waals surface area contributed by atoms with Crippen molar-refractivity contribution in [2.75, 3.05) is 7.05 Å². The van der Waals surface area contributed by atoms with Gasteiger partial charge in [0, 0.05) is 5.41 Å². The van der Waals surface area contributed by atoms with Crippen LogP contribution in [0.4, 0.5) is 0 Å². The Balaban J connectivity index is 2.42. The Labute approximate surface area is 102 Å². The Hall–Kier alpha value is -1.35. The van der Waals surface area contributed by atoms with Crippen LogP contribution >= 0.6 is 0 Å². The maximum Gasteiger partial charge on any atom is 0.321 e. The number of carbonyl (C=O) groups is 1. The molecule has 0 spiro atoms. The normalized spacial score (nSPS) is 20.1. The van der Waals surface area contributed by atoms with Gasteiger partial charge in [0.1, 0.15) is 6.04 Å². The van der Waals surface area contributed by atoms with E-state index in [1.807, 2.05) is 18.2 Å². The summed E-state index contributed by atoms with van der Waals surface area (Å²) in [5, 5.41) is 12.4. The second-order valence-corrected chi connectivity index (χ2v) is 4.79. The molecule has 1 aliphatic rings.